The molecule has 0 saturated carbocycles. The fourth-order valence-electron chi connectivity index (χ4n) is 1.88. The number of anilines is 1. The lowest BCUT2D eigenvalue weighted by Gasteiger charge is -2.21. The van der Waals surface area contributed by atoms with Gasteiger partial charge in [-0.3, -0.25) is 4.79 Å². The molecular weight excluding hydrogens is 360 g/mol. The van der Waals surface area contributed by atoms with Crippen molar-refractivity contribution < 1.29 is 18.3 Å². The van der Waals surface area contributed by atoms with Crippen molar-refractivity contribution in [3.63, 3.8) is 0 Å². The molecule has 3 N–H and O–H groups in total. The number of sulfonamides is 1. The summed E-state index contributed by atoms with van der Waals surface area (Å²) in [6, 6.07) is 3.05. The van der Waals surface area contributed by atoms with Crippen LogP contribution in [0.5, 0.6) is 0 Å². The van der Waals surface area contributed by atoms with E-state index in [0.29, 0.717) is 22.1 Å². The second-order valence-electron chi connectivity index (χ2n) is 5.34. The molecule has 0 aromatic heterocycles. The first-order valence-corrected chi connectivity index (χ1v) is 8.76. The van der Waals surface area contributed by atoms with Crippen LogP contribution in [-0.2, 0) is 21.2 Å². The highest BCUT2D eigenvalue weighted by molar-refractivity contribution is 9.10. The minimum absolute atomic E-state index is 0.0599. The molecule has 1 amide bonds. The number of rotatable bonds is 5. The minimum Gasteiger partial charge on any atom is -0.389 e. The van der Waals surface area contributed by atoms with Crippen LogP contribution in [0.25, 0.3) is 0 Å². The summed E-state index contributed by atoms with van der Waals surface area (Å²) >= 11 is 3.21. The minimum atomic E-state index is -3.77. The molecule has 8 heteroatoms. The number of carbonyl (C=O) groups excluding carboxylic acids is 1. The molecular formula is C13H17BrN2O4S. The number of hydrogen-bond donors (Lipinski definition) is 3. The first kappa shape index (κ1) is 16.4. The van der Waals surface area contributed by atoms with Crippen molar-refractivity contribution in [2.24, 2.45) is 0 Å². The van der Waals surface area contributed by atoms with Crippen LogP contribution in [0.3, 0.4) is 0 Å². The number of halogens is 1. The summed E-state index contributed by atoms with van der Waals surface area (Å²) in [5.74, 6) is -0.159. The Labute approximate surface area is 132 Å². The molecule has 2 rings (SSSR count). The number of hydrogen-bond acceptors (Lipinski definition) is 4. The Balaban J connectivity index is 2.29. The Bertz CT molecular complexity index is 686. The Morgan fingerprint density at radius 2 is 2.14 bits per heavy atom. The molecule has 0 spiro atoms. The maximum Gasteiger partial charge on any atom is 0.241 e. The lowest BCUT2D eigenvalue weighted by atomic mass is 10.1. The number of nitrogens with one attached hydrogen (secondary N) is 2. The third kappa shape index (κ3) is 3.63. The van der Waals surface area contributed by atoms with E-state index in [1.54, 1.807) is 19.9 Å². The van der Waals surface area contributed by atoms with E-state index in [4.69, 9.17) is 0 Å². The molecule has 116 valence electrons. The van der Waals surface area contributed by atoms with Crippen molar-refractivity contribution in [3.05, 3.63) is 22.2 Å². The van der Waals surface area contributed by atoms with Gasteiger partial charge in [0.05, 0.1) is 16.9 Å². The van der Waals surface area contributed by atoms with Gasteiger partial charge in [-0.05, 0) is 47.0 Å². The first-order chi connectivity index (χ1) is 9.64. The van der Waals surface area contributed by atoms with Crippen LogP contribution in [0, 0.1) is 0 Å². The van der Waals surface area contributed by atoms with Gasteiger partial charge in [0.1, 0.15) is 0 Å². The van der Waals surface area contributed by atoms with E-state index in [1.807, 2.05) is 0 Å². The second kappa shape index (κ2) is 5.68. The quantitative estimate of drug-likeness (QED) is 0.723. The Kier molecular flexibility index (Phi) is 4.44. The predicted octanol–water partition coefficient (Wildman–Crippen LogP) is 1.38. The van der Waals surface area contributed by atoms with Crippen LogP contribution in [-0.4, -0.2) is 31.6 Å². The monoisotopic (exact) mass is 376 g/mol. The van der Waals surface area contributed by atoms with Gasteiger partial charge >= 0.3 is 0 Å². The van der Waals surface area contributed by atoms with Gasteiger partial charge in [0.2, 0.25) is 15.9 Å². The van der Waals surface area contributed by atoms with Gasteiger partial charge in [-0.2, -0.15) is 0 Å². The highest BCUT2D eigenvalue weighted by atomic mass is 79.9. The maximum atomic E-state index is 12.3. The summed E-state index contributed by atoms with van der Waals surface area (Å²) < 4.78 is 27.4. The van der Waals surface area contributed by atoms with Gasteiger partial charge in [0.25, 0.3) is 0 Å². The molecule has 6 nitrogen and oxygen atoms in total. The third-order valence-electron chi connectivity index (χ3n) is 3.48. The van der Waals surface area contributed by atoms with Gasteiger partial charge in [0, 0.05) is 16.7 Å². The summed E-state index contributed by atoms with van der Waals surface area (Å²) in [7, 11) is -3.77. The normalized spacial score (nSPS) is 17.2. The van der Waals surface area contributed by atoms with Gasteiger partial charge in [0.15, 0.2) is 0 Å². The highest BCUT2D eigenvalue weighted by Crippen LogP contribution is 2.32. The van der Waals surface area contributed by atoms with Gasteiger partial charge in [-0.15, -0.1) is 0 Å². The van der Waals surface area contributed by atoms with E-state index in [1.165, 1.54) is 6.07 Å². The molecule has 21 heavy (non-hydrogen) atoms. The highest BCUT2D eigenvalue weighted by Gasteiger charge is 2.27. The average molecular weight is 377 g/mol. The number of amides is 1. The topological polar surface area (TPSA) is 95.5 Å². The molecule has 1 atom stereocenters. The van der Waals surface area contributed by atoms with E-state index >= 15 is 0 Å². The van der Waals surface area contributed by atoms with Crippen LogP contribution in [0.4, 0.5) is 5.69 Å². The molecule has 0 saturated heterocycles. The smallest absolute Gasteiger partial charge is 0.241 e. The fourth-order valence-corrected chi connectivity index (χ4v) is 4.14. The van der Waals surface area contributed by atoms with E-state index in [9.17, 15) is 18.3 Å². The molecule has 0 fully saturated rings. The van der Waals surface area contributed by atoms with Crippen molar-refractivity contribution in [1.82, 2.24) is 4.72 Å². The maximum absolute atomic E-state index is 12.3. The Hall–Kier alpha value is -0.960. The SMILES string of the molecule is CCC(C)(O)CNS(=O)(=O)c1cc2c(cc1Br)NC(=O)C2. The van der Waals surface area contributed by atoms with E-state index in [2.05, 4.69) is 26.0 Å². The summed E-state index contributed by atoms with van der Waals surface area (Å²) in [5, 5.41) is 12.6. The molecule has 1 aromatic carbocycles. The zero-order chi connectivity index (χ0) is 15.8. The lowest BCUT2D eigenvalue weighted by molar-refractivity contribution is -0.115. The molecule has 1 aromatic rings. The zero-order valence-electron chi connectivity index (χ0n) is 11.7. The molecule has 0 radical (unpaired) electrons. The molecule has 1 heterocycles. The summed E-state index contributed by atoms with van der Waals surface area (Å²) in [4.78, 5) is 11.4. The van der Waals surface area contributed by atoms with Gasteiger partial charge < -0.3 is 10.4 Å². The lowest BCUT2D eigenvalue weighted by Crippen LogP contribution is -2.40. The Morgan fingerprint density at radius 1 is 1.48 bits per heavy atom. The largest absolute Gasteiger partial charge is 0.389 e. The van der Waals surface area contributed by atoms with Crippen LogP contribution < -0.4 is 10.0 Å². The van der Waals surface area contributed by atoms with E-state index < -0.39 is 15.6 Å². The fraction of sp³-hybridized carbons (Fsp3) is 0.462. The van der Waals surface area contributed by atoms with Crippen LogP contribution in [0.15, 0.2) is 21.5 Å². The summed E-state index contributed by atoms with van der Waals surface area (Å²) in [6.45, 7) is 3.26. The molecule has 1 aliphatic heterocycles. The van der Waals surface area contributed by atoms with Crippen LogP contribution in [0.2, 0.25) is 0 Å². The number of benzene rings is 1. The van der Waals surface area contributed by atoms with Crippen LogP contribution in [0.1, 0.15) is 25.8 Å². The Morgan fingerprint density at radius 3 is 2.76 bits per heavy atom. The molecule has 0 aliphatic carbocycles. The standard InChI is InChI=1S/C13H17BrN2O4S/c1-3-13(2,18)7-15-21(19,20)11-4-8-5-12(17)16-10(8)6-9(11)14/h4,6,15,18H,3,5,7H2,1-2H3,(H,16,17). The molecule has 0 bridgehead atoms. The van der Waals surface area contributed by atoms with E-state index in [-0.39, 0.29) is 23.8 Å². The number of carbonyl (C=O) groups is 1. The van der Waals surface area contributed by atoms with Gasteiger partial charge in [-0.1, -0.05) is 6.92 Å². The average Bonchev–Trinajstić information content (AvgIpc) is 2.75. The van der Waals surface area contributed by atoms with Crippen molar-refractivity contribution in [1.29, 1.82) is 0 Å². The zero-order valence-corrected chi connectivity index (χ0v) is 14.1. The van der Waals surface area contributed by atoms with Crippen LogP contribution >= 0.6 is 15.9 Å². The third-order valence-corrected chi connectivity index (χ3v) is 5.84. The van der Waals surface area contributed by atoms with Crippen molar-refractivity contribution >= 4 is 37.5 Å². The number of fused-ring (bicyclic) bond motifs is 1. The van der Waals surface area contributed by atoms with Gasteiger partial charge in [-0.25, -0.2) is 13.1 Å². The molecule has 1 unspecified atom stereocenters. The first-order valence-electron chi connectivity index (χ1n) is 6.49. The second-order valence-corrected chi connectivity index (χ2v) is 7.93. The number of aliphatic hydroxyl groups is 1. The van der Waals surface area contributed by atoms with E-state index in [0.717, 1.165) is 0 Å². The summed E-state index contributed by atoms with van der Waals surface area (Å²) in [5.41, 5.74) is 0.158. The van der Waals surface area contributed by atoms with Crippen molar-refractivity contribution in [3.8, 4) is 0 Å². The van der Waals surface area contributed by atoms with Crippen molar-refractivity contribution in [2.45, 2.75) is 37.2 Å². The molecule has 1 aliphatic rings. The predicted molar refractivity (Wildman–Crippen MR) is 82.6 cm³/mol. The summed E-state index contributed by atoms with van der Waals surface area (Å²) in [6.07, 6.45) is 0.594. The van der Waals surface area contributed by atoms with Crippen molar-refractivity contribution in [2.75, 3.05) is 11.9 Å².